The molecule has 1 amide bonds. The predicted octanol–water partition coefficient (Wildman–Crippen LogP) is 4.38. The van der Waals surface area contributed by atoms with E-state index in [1.807, 2.05) is 73.7 Å². The van der Waals surface area contributed by atoms with Gasteiger partial charge in [-0.05, 0) is 41.3 Å². The third-order valence-corrected chi connectivity index (χ3v) is 7.40. The normalized spacial score (nSPS) is 18.1. The van der Waals surface area contributed by atoms with Crippen LogP contribution in [0.25, 0.3) is 16.8 Å². The predicted molar refractivity (Wildman–Crippen MR) is 122 cm³/mol. The van der Waals surface area contributed by atoms with Crippen molar-refractivity contribution in [3.63, 3.8) is 0 Å². The summed E-state index contributed by atoms with van der Waals surface area (Å²) in [6, 6.07) is 21.7. The fourth-order valence-corrected chi connectivity index (χ4v) is 5.69. The van der Waals surface area contributed by atoms with Crippen LogP contribution >= 0.6 is 0 Å². The fourth-order valence-electron chi connectivity index (χ4n) is 3.96. The molecule has 0 N–H and O–H groups in total. The van der Waals surface area contributed by atoms with Gasteiger partial charge in [-0.15, -0.1) is 0 Å². The molecule has 0 spiro atoms. The number of benzene rings is 3. The molecule has 1 fully saturated rings. The minimum absolute atomic E-state index is 0.0296. The molecule has 4 rings (SSSR count). The van der Waals surface area contributed by atoms with Crippen molar-refractivity contribution >= 4 is 32.6 Å². The van der Waals surface area contributed by atoms with Gasteiger partial charge < -0.3 is 4.90 Å². The molecule has 1 heterocycles. The van der Waals surface area contributed by atoms with Gasteiger partial charge in [-0.1, -0.05) is 72.3 Å². The Morgan fingerprint density at radius 3 is 2.50 bits per heavy atom. The van der Waals surface area contributed by atoms with E-state index in [2.05, 4.69) is 0 Å². The smallest absolute Gasteiger partial charge is 0.247 e. The van der Waals surface area contributed by atoms with Gasteiger partial charge in [-0.2, -0.15) is 0 Å². The standard InChI is InChI=1S/C25H25NO3S/c1-19-9-11-20(12-10-19)13-14-25(27)26(23-15-16-30(28,29)18-23)17-22-7-4-6-21-5-2-3-8-24(21)22/h2-14,23H,15-18H2,1H3/b14-13+/t23-/m1/s1. The van der Waals surface area contributed by atoms with Gasteiger partial charge in [0.1, 0.15) is 0 Å². The third kappa shape index (κ3) is 4.62. The second-order valence-corrected chi connectivity index (χ2v) is 10.1. The van der Waals surface area contributed by atoms with Gasteiger partial charge in [0.05, 0.1) is 11.5 Å². The molecule has 1 aliphatic rings. The molecule has 0 unspecified atom stereocenters. The number of hydrogen-bond acceptors (Lipinski definition) is 3. The summed E-state index contributed by atoms with van der Waals surface area (Å²) in [5, 5.41) is 2.19. The number of fused-ring (bicyclic) bond motifs is 1. The summed E-state index contributed by atoms with van der Waals surface area (Å²) in [4.78, 5) is 14.9. The second-order valence-electron chi connectivity index (χ2n) is 7.91. The highest BCUT2D eigenvalue weighted by Crippen LogP contribution is 2.25. The first-order chi connectivity index (χ1) is 14.4. The maximum Gasteiger partial charge on any atom is 0.247 e. The van der Waals surface area contributed by atoms with Crippen molar-refractivity contribution in [3.05, 3.63) is 89.5 Å². The van der Waals surface area contributed by atoms with Gasteiger partial charge in [-0.3, -0.25) is 4.79 Å². The molecule has 0 radical (unpaired) electrons. The molecule has 4 nitrogen and oxygen atoms in total. The highest BCUT2D eigenvalue weighted by atomic mass is 32.2. The molecule has 5 heteroatoms. The first-order valence-corrected chi connectivity index (χ1v) is 12.0. The monoisotopic (exact) mass is 419 g/mol. The van der Waals surface area contributed by atoms with Crippen LogP contribution in [0, 0.1) is 6.92 Å². The summed E-state index contributed by atoms with van der Waals surface area (Å²) in [5.41, 5.74) is 3.12. The SMILES string of the molecule is Cc1ccc(/C=C/C(=O)N(Cc2cccc3ccccc23)[C@@H]2CCS(=O)(=O)C2)cc1. The average molecular weight is 420 g/mol. The minimum Gasteiger partial charge on any atom is -0.331 e. The van der Waals surface area contributed by atoms with Crippen molar-refractivity contribution in [2.45, 2.75) is 25.9 Å². The zero-order valence-electron chi connectivity index (χ0n) is 17.0. The van der Waals surface area contributed by atoms with E-state index >= 15 is 0 Å². The molecule has 30 heavy (non-hydrogen) atoms. The Morgan fingerprint density at radius 1 is 1.03 bits per heavy atom. The van der Waals surface area contributed by atoms with Crippen LogP contribution in [0.3, 0.4) is 0 Å². The molecule has 3 aromatic rings. The maximum atomic E-state index is 13.2. The summed E-state index contributed by atoms with van der Waals surface area (Å²) in [5.74, 6) is 0.00573. The van der Waals surface area contributed by atoms with E-state index in [9.17, 15) is 13.2 Å². The van der Waals surface area contributed by atoms with Crippen molar-refractivity contribution in [2.24, 2.45) is 0 Å². The highest BCUT2D eigenvalue weighted by Gasteiger charge is 2.34. The number of aryl methyl sites for hydroxylation is 1. The Balaban J connectivity index is 1.64. The number of carbonyl (C=O) groups is 1. The first-order valence-electron chi connectivity index (χ1n) is 10.1. The van der Waals surface area contributed by atoms with Crippen LogP contribution < -0.4 is 0 Å². The largest absolute Gasteiger partial charge is 0.331 e. The molecule has 154 valence electrons. The van der Waals surface area contributed by atoms with Crippen molar-refractivity contribution in [3.8, 4) is 0 Å². The van der Waals surface area contributed by atoms with Crippen molar-refractivity contribution in [1.82, 2.24) is 4.90 Å². The van der Waals surface area contributed by atoms with Crippen molar-refractivity contribution in [2.75, 3.05) is 11.5 Å². The van der Waals surface area contributed by atoms with Gasteiger partial charge in [0.2, 0.25) is 5.91 Å². The first kappa shape index (κ1) is 20.4. The van der Waals surface area contributed by atoms with Crippen molar-refractivity contribution < 1.29 is 13.2 Å². The lowest BCUT2D eigenvalue weighted by Crippen LogP contribution is -2.39. The Labute approximate surface area is 177 Å². The van der Waals surface area contributed by atoms with Gasteiger partial charge in [0.25, 0.3) is 0 Å². The van der Waals surface area contributed by atoms with Gasteiger partial charge in [-0.25, -0.2) is 8.42 Å². The van der Waals surface area contributed by atoms with E-state index in [0.717, 1.165) is 27.5 Å². The highest BCUT2D eigenvalue weighted by molar-refractivity contribution is 7.91. The van der Waals surface area contributed by atoms with Crippen LogP contribution in [-0.4, -0.2) is 36.8 Å². The number of nitrogens with zero attached hydrogens (tertiary/aromatic N) is 1. The zero-order chi connectivity index (χ0) is 21.1. The van der Waals surface area contributed by atoms with Crippen molar-refractivity contribution in [1.29, 1.82) is 0 Å². The Morgan fingerprint density at radius 2 is 1.77 bits per heavy atom. The van der Waals surface area contributed by atoms with Gasteiger partial charge in [0, 0.05) is 18.7 Å². The van der Waals surface area contributed by atoms with E-state index in [1.165, 1.54) is 0 Å². The zero-order valence-corrected chi connectivity index (χ0v) is 17.8. The molecule has 1 saturated heterocycles. The Bertz CT molecular complexity index is 1190. The van der Waals surface area contributed by atoms with Crippen LogP contribution in [0.2, 0.25) is 0 Å². The summed E-state index contributed by atoms with van der Waals surface area (Å²) in [6.07, 6.45) is 3.83. The molecule has 0 aromatic heterocycles. The van der Waals surface area contributed by atoms with E-state index in [0.29, 0.717) is 13.0 Å². The molecular formula is C25H25NO3S. The van der Waals surface area contributed by atoms with Gasteiger partial charge >= 0.3 is 0 Å². The molecular weight excluding hydrogens is 394 g/mol. The fraction of sp³-hybridized carbons (Fsp3) is 0.240. The van der Waals surface area contributed by atoms with Crippen LogP contribution in [0.4, 0.5) is 0 Å². The Hall–Kier alpha value is -2.92. The van der Waals surface area contributed by atoms with Crippen LogP contribution in [0.5, 0.6) is 0 Å². The summed E-state index contributed by atoms with van der Waals surface area (Å²) in [6.45, 7) is 2.41. The van der Waals surface area contributed by atoms with E-state index in [-0.39, 0.29) is 23.5 Å². The molecule has 1 atom stereocenters. The number of amides is 1. The lowest BCUT2D eigenvalue weighted by Gasteiger charge is -2.28. The quantitative estimate of drug-likeness (QED) is 0.577. The molecule has 3 aromatic carbocycles. The third-order valence-electron chi connectivity index (χ3n) is 5.65. The van der Waals surface area contributed by atoms with Crippen LogP contribution in [0.15, 0.2) is 72.8 Å². The summed E-state index contributed by atoms with van der Waals surface area (Å²) in [7, 11) is -3.10. The molecule has 0 saturated carbocycles. The lowest BCUT2D eigenvalue weighted by atomic mass is 10.0. The molecule has 0 aliphatic carbocycles. The van der Waals surface area contributed by atoms with E-state index in [4.69, 9.17) is 0 Å². The number of hydrogen-bond donors (Lipinski definition) is 0. The molecule has 1 aliphatic heterocycles. The number of carbonyl (C=O) groups excluding carboxylic acids is 1. The van der Waals surface area contributed by atoms with E-state index in [1.54, 1.807) is 17.1 Å². The van der Waals surface area contributed by atoms with Crippen LogP contribution in [-0.2, 0) is 21.2 Å². The lowest BCUT2D eigenvalue weighted by molar-refractivity contribution is -0.128. The maximum absolute atomic E-state index is 13.2. The van der Waals surface area contributed by atoms with Crippen LogP contribution in [0.1, 0.15) is 23.1 Å². The van der Waals surface area contributed by atoms with Gasteiger partial charge in [0.15, 0.2) is 9.84 Å². The second kappa shape index (κ2) is 8.44. The minimum atomic E-state index is -3.10. The topological polar surface area (TPSA) is 54.5 Å². The summed E-state index contributed by atoms with van der Waals surface area (Å²) >= 11 is 0. The average Bonchev–Trinajstić information content (AvgIpc) is 3.10. The number of sulfone groups is 1. The number of rotatable bonds is 5. The van der Waals surface area contributed by atoms with E-state index < -0.39 is 9.84 Å². The molecule has 0 bridgehead atoms. The Kier molecular flexibility index (Phi) is 5.73. The summed E-state index contributed by atoms with van der Waals surface area (Å²) < 4.78 is 24.2.